The van der Waals surface area contributed by atoms with E-state index < -0.39 is 0 Å². The summed E-state index contributed by atoms with van der Waals surface area (Å²) in [6.45, 7) is 5.11. The number of ether oxygens (including phenoxy) is 2. The number of esters is 1. The molecule has 0 aliphatic heterocycles. The van der Waals surface area contributed by atoms with Crippen LogP contribution in [0.3, 0.4) is 0 Å². The SMILES string of the molecule is CCCCCCOC(=O)c1ccccc1OCc1ccc(C)cc1. The molecule has 0 heterocycles. The van der Waals surface area contributed by atoms with Gasteiger partial charge in [-0.25, -0.2) is 4.79 Å². The van der Waals surface area contributed by atoms with Gasteiger partial charge < -0.3 is 9.47 Å². The van der Waals surface area contributed by atoms with Gasteiger partial charge in [0.1, 0.15) is 17.9 Å². The van der Waals surface area contributed by atoms with E-state index in [1.54, 1.807) is 6.07 Å². The van der Waals surface area contributed by atoms with Crippen LogP contribution in [0.5, 0.6) is 5.75 Å². The fraction of sp³-hybridized carbons (Fsp3) is 0.381. The number of hydrogen-bond acceptors (Lipinski definition) is 3. The Balaban J connectivity index is 1.91. The summed E-state index contributed by atoms with van der Waals surface area (Å²) in [4.78, 5) is 12.3. The zero-order chi connectivity index (χ0) is 17.2. The standard InChI is InChI=1S/C21H26O3/c1-3-4-5-8-15-23-21(22)19-9-6-7-10-20(19)24-16-18-13-11-17(2)12-14-18/h6-7,9-14H,3-5,8,15-16H2,1-2H3. The highest BCUT2D eigenvalue weighted by molar-refractivity contribution is 5.92. The molecule has 0 saturated heterocycles. The Labute approximate surface area is 144 Å². The minimum absolute atomic E-state index is 0.314. The fourth-order valence-corrected chi connectivity index (χ4v) is 2.38. The number of benzene rings is 2. The van der Waals surface area contributed by atoms with Crippen molar-refractivity contribution in [3.63, 3.8) is 0 Å². The van der Waals surface area contributed by atoms with Crippen LogP contribution in [-0.2, 0) is 11.3 Å². The Morgan fingerprint density at radius 1 is 0.958 bits per heavy atom. The van der Waals surface area contributed by atoms with Gasteiger partial charge in [0.2, 0.25) is 0 Å². The van der Waals surface area contributed by atoms with E-state index in [1.807, 2.05) is 30.3 Å². The molecule has 0 N–H and O–H groups in total. The predicted octanol–water partition coefficient (Wildman–Crippen LogP) is 5.31. The molecule has 128 valence electrons. The molecule has 0 atom stereocenters. The average molecular weight is 326 g/mol. The molecule has 0 amide bonds. The molecule has 0 aliphatic rings. The van der Waals surface area contributed by atoms with Crippen molar-refractivity contribution in [3.05, 3.63) is 65.2 Å². The number of aryl methyl sites for hydroxylation is 1. The van der Waals surface area contributed by atoms with Crippen LogP contribution in [-0.4, -0.2) is 12.6 Å². The first-order valence-corrected chi connectivity index (χ1v) is 8.65. The number of carbonyl (C=O) groups is 1. The van der Waals surface area contributed by atoms with Crippen molar-refractivity contribution in [2.75, 3.05) is 6.61 Å². The largest absolute Gasteiger partial charge is 0.488 e. The molecule has 2 rings (SSSR count). The van der Waals surface area contributed by atoms with Crippen LogP contribution in [0.2, 0.25) is 0 Å². The molecule has 0 radical (unpaired) electrons. The van der Waals surface area contributed by atoms with Gasteiger partial charge in [-0.3, -0.25) is 0 Å². The highest BCUT2D eigenvalue weighted by atomic mass is 16.5. The summed E-state index contributed by atoms with van der Waals surface area (Å²) >= 11 is 0. The molecule has 3 heteroatoms. The van der Waals surface area contributed by atoms with Gasteiger partial charge in [-0.1, -0.05) is 68.1 Å². The summed E-state index contributed by atoms with van der Waals surface area (Å²) in [5.74, 6) is 0.252. The number of para-hydroxylation sites is 1. The van der Waals surface area contributed by atoms with Crippen LogP contribution >= 0.6 is 0 Å². The van der Waals surface area contributed by atoms with Crippen LogP contribution in [0.1, 0.15) is 54.1 Å². The molecule has 0 unspecified atom stereocenters. The fourth-order valence-electron chi connectivity index (χ4n) is 2.38. The lowest BCUT2D eigenvalue weighted by molar-refractivity contribution is 0.0492. The molecular weight excluding hydrogens is 300 g/mol. The van der Waals surface area contributed by atoms with Crippen molar-refractivity contribution in [1.29, 1.82) is 0 Å². The molecule has 0 bridgehead atoms. The van der Waals surface area contributed by atoms with E-state index in [1.165, 1.54) is 18.4 Å². The molecule has 0 saturated carbocycles. The molecule has 0 fully saturated rings. The Morgan fingerprint density at radius 2 is 1.71 bits per heavy atom. The third-order valence-electron chi connectivity index (χ3n) is 3.85. The van der Waals surface area contributed by atoms with E-state index in [4.69, 9.17) is 9.47 Å². The summed E-state index contributed by atoms with van der Waals surface area (Å²) in [7, 11) is 0. The lowest BCUT2D eigenvalue weighted by Gasteiger charge is -2.11. The molecule has 3 nitrogen and oxygen atoms in total. The number of hydrogen-bond donors (Lipinski definition) is 0. The van der Waals surface area contributed by atoms with Crippen LogP contribution in [0, 0.1) is 6.92 Å². The normalized spacial score (nSPS) is 10.4. The maximum atomic E-state index is 12.3. The monoisotopic (exact) mass is 326 g/mol. The highest BCUT2D eigenvalue weighted by Gasteiger charge is 2.13. The van der Waals surface area contributed by atoms with E-state index in [2.05, 4.69) is 26.0 Å². The molecule has 0 aliphatic carbocycles. The molecule has 0 spiro atoms. The quantitative estimate of drug-likeness (QED) is 0.462. The van der Waals surface area contributed by atoms with Gasteiger partial charge in [0.05, 0.1) is 6.61 Å². The van der Waals surface area contributed by atoms with Crippen LogP contribution < -0.4 is 4.74 Å². The first-order valence-electron chi connectivity index (χ1n) is 8.65. The van der Waals surface area contributed by atoms with Gasteiger partial charge in [0.25, 0.3) is 0 Å². The maximum Gasteiger partial charge on any atom is 0.341 e. The lowest BCUT2D eigenvalue weighted by Crippen LogP contribution is -2.09. The van der Waals surface area contributed by atoms with Gasteiger partial charge in [-0.05, 0) is 31.0 Å². The van der Waals surface area contributed by atoms with Gasteiger partial charge in [-0.15, -0.1) is 0 Å². The van der Waals surface area contributed by atoms with Crippen LogP contribution in [0.4, 0.5) is 0 Å². The van der Waals surface area contributed by atoms with Crippen molar-refractivity contribution >= 4 is 5.97 Å². The highest BCUT2D eigenvalue weighted by Crippen LogP contribution is 2.20. The summed E-state index contributed by atoms with van der Waals surface area (Å²) in [5.41, 5.74) is 2.77. The first kappa shape index (κ1) is 18.1. The first-order chi connectivity index (χ1) is 11.7. The van der Waals surface area contributed by atoms with Gasteiger partial charge in [0.15, 0.2) is 0 Å². The Kier molecular flexibility index (Phi) is 7.34. The third-order valence-corrected chi connectivity index (χ3v) is 3.85. The van der Waals surface area contributed by atoms with E-state index in [0.29, 0.717) is 24.5 Å². The van der Waals surface area contributed by atoms with E-state index in [0.717, 1.165) is 18.4 Å². The zero-order valence-electron chi connectivity index (χ0n) is 14.6. The van der Waals surface area contributed by atoms with Gasteiger partial charge >= 0.3 is 5.97 Å². The van der Waals surface area contributed by atoms with Crippen molar-refractivity contribution in [2.45, 2.75) is 46.1 Å². The minimum atomic E-state index is -0.314. The summed E-state index contributed by atoms with van der Waals surface area (Å²) in [5, 5.41) is 0. The second-order valence-corrected chi connectivity index (χ2v) is 5.97. The summed E-state index contributed by atoms with van der Waals surface area (Å²) in [6.07, 6.45) is 4.35. The average Bonchev–Trinajstić information content (AvgIpc) is 2.61. The Morgan fingerprint density at radius 3 is 2.46 bits per heavy atom. The minimum Gasteiger partial charge on any atom is -0.488 e. The summed E-state index contributed by atoms with van der Waals surface area (Å²) < 4.78 is 11.2. The second kappa shape index (κ2) is 9.76. The van der Waals surface area contributed by atoms with Gasteiger partial charge in [0, 0.05) is 0 Å². The van der Waals surface area contributed by atoms with Crippen LogP contribution in [0.15, 0.2) is 48.5 Å². The topological polar surface area (TPSA) is 35.5 Å². The zero-order valence-corrected chi connectivity index (χ0v) is 14.6. The van der Waals surface area contributed by atoms with E-state index in [9.17, 15) is 4.79 Å². The van der Waals surface area contributed by atoms with E-state index in [-0.39, 0.29) is 5.97 Å². The maximum absolute atomic E-state index is 12.3. The number of rotatable bonds is 9. The smallest absolute Gasteiger partial charge is 0.341 e. The third kappa shape index (κ3) is 5.73. The van der Waals surface area contributed by atoms with Gasteiger partial charge in [-0.2, -0.15) is 0 Å². The molecule has 0 aromatic heterocycles. The number of carbonyl (C=O) groups excluding carboxylic acids is 1. The Bertz CT molecular complexity index is 632. The van der Waals surface area contributed by atoms with Crippen molar-refractivity contribution in [1.82, 2.24) is 0 Å². The molecule has 2 aromatic carbocycles. The van der Waals surface area contributed by atoms with Crippen molar-refractivity contribution in [3.8, 4) is 5.75 Å². The Hall–Kier alpha value is -2.29. The summed E-state index contributed by atoms with van der Waals surface area (Å²) in [6, 6.07) is 15.4. The number of unbranched alkanes of at least 4 members (excludes halogenated alkanes) is 3. The van der Waals surface area contributed by atoms with Crippen molar-refractivity contribution < 1.29 is 14.3 Å². The molecule has 2 aromatic rings. The van der Waals surface area contributed by atoms with Crippen molar-refractivity contribution in [2.24, 2.45) is 0 Å². The predicted molar refractivity (Wildman–Crippen MR) is 96.4 cm³/mol. The van der Waals surface area contributed by atoms with E-state index >= 15 is 0 Å². The molecule has 24 heavy (non-hydrogen) atoms. The van der Waals surface area contributed by atoms with Crippen LogP contribution in [0.25, 0.3) is 0 Å². The molecular formula is C21H26O3. The lowest BCUT2D eigenvalue weighted by atomic mass is 10.1. The second-order valence-electron chi connectivity index (χ2n) is 5.97.